The highest BCUT2D eigenvalue weighted by Gasteiger charge is 2.26. The number of urea groups is 1. The Morgan fingerprint density at radius 2 is 2.18 bits per heavy atom. The van der Waals surface area contributed by atoms with Crippen molar-refractivity contribution in [3.05, 3.63) is 0 Å². The van der Waals surface area contributed by atoms with E-state index in [0.717, 1.165) is 6.42 Å². The second-order valence-electron chi connectivity index (χ2n) is 4.51. The monoisotopic (exact) mass is 244 g/mol. The molecule has 0 bridgehead atoms. The van der Waals surface area contributed by atoms with Crippen molar-refractivity contribution < 1.29 is 19.8 Å². The topological polar surface area (TPSA) is 89.9 Å². The number of hydrogen-bond acceptors (Lipinski definition) is 3. The van der Waals surface area contributed by atoms with Crippen molar-refractivity contribution >= 4 is 12.0 Å². The summed E-state index contributed by atoms with van der Waals surface area (Å²) < 4.78 is 0. The van der Waals surface area contributed by atoms with E-state index in [0.29, 0.717) is 26.1 Å². The quantitative estimate of drug-likeness (QED) is 0.619. The highest BCUT2D eigenvalue weighted by molar-refractivity contribution is 5.74. The number of aliphatic carboxylic acids is 1. The standard InChI is InChI=1S/C11H20N2O4/c1-8-4-6-13(7-9(8)14)11(17)12-5-2-3-10(15)16/h8-9,14H,2-7H2,1H3,(H,12,17)(H,15,16). The predicted octanol–water partition coefficient (Wildman–Crippen LogP) is 0.263. The molecule has 1 fully saturated rings. The number of amides is 2. The Labute approximate surface area is 101 Å². The number of carboxylic acid groups (broad SMARTS) is 1. The minimum absolute atomic E-state index is 0.0555. The molecule has 1 heterocycles. The van der Waals surface area contributed by atoms with Gasteiger partial charge < -0.3 is 20.4 Å². The predicted molar refractivity (Wildman–Crippen MR) is 61.6 cm³/mol. The van der Waals surface area contributed by atoms with Gasteiger partial charge in [-0.05, 0) is 18.8 Å². The van der Waals surface area contributed by atoms with E-state index in [1.165, 1.54) is 0 Å². The molecule has 2 atom stereocenters. The van der Waals surface area contributed by atoms with Crippen LogP contribution in [-0.4, -0.2) is 52.9 Å². The molecule has 98 valence electrons. The molecule has 0 spiro atoms. The molecule has 1 rings (SSSR count). The maximum absolute atomic E-state index is 11.7. The molecule has 0 radical (unpaired) electrons. The Bertz CT molecular complexity index is 283. The van der Waals surface area contributed by atoms with Crippen LogP contribution in [0, 0.1) is 5.92 Å². The first kappa shape index (κ1) is 13.8. The van der Waals surface area contributed by atoms with Crippen LogP contribution in [0.4, 0.5) is 4.79 Å². The van der Waals surface area contributed by atoms with Gasteiger partial charge >= 0.3 is 12.0 Å². The number of carbonyl (C=O) groups excluding carboxylic acids is 1. The maximum atomic E-state index is 11.7. The van der Waals surface area contributed by atoms with E-state index in [1.807, 2.05) is 6.92 Å². The fraction of sp³-hybridized carbons (Fsp3) is 0.818. The van der Waals surface area contributed by atoms with Crippen LogP contribution in [0.25, 0.3) is 0 Å². The molecule has 0 aromatic heterocycles. The summed E-state index contributed by atoms with van der Waals surface area (Å²) in [6.45, 7) is 3.31. The number of nitrogens with zero attached hydrogens (tertiary/aromatic N) is 1. The smallest absolute Gasteiger partial charge is 0.317 e. The molecule has 2 amide bonds. The normalized spacial score (nSPS) is 24.5. The van der Waals surface area contributed by atoms with Crippen molar-refractivity contribution in [2.75, 3.05) is 19.6 Å². The summed E-state index contributed by atoms with van der Waals surface area (Å²) in [5, 5.41) is 20.7. The molecule has 0 aliphatic carbocycles. The van der Waals surface area contributed by atoms with E-state index in [2.05, 4.69) is 5.32 Å². The second-order valence-corrected chi connectivity index (χ2v) is 4.51. The average Bonchev–Trinajstić information content (AvgIpc) is 2.27. The number of β-amino-alcohol motifs (C(OH)–C–C–N with tert-alkyl or cyclic N) is 1. The first-order valence-corrected chi connectivity index (χ1v) is 5.93. The molecule has 6 nitrogen and oxygen atoms in total. The van der Waals surface area contributed by atoms with Crippen LogP contribution in [0.3, 0.4) is 0 Å². The van der Waals surface area contributed by atoms with E-state index >= 15 is 0 Å². The van der Waals surface area contributed by atoms with Crippen LogP contribution in [0.1, 0.15) is 26.2 Å². The number of aliphatic hydroxyl groups excluding tert-OH is 1. The average molecular weight is 244 g/mol. The van der Waals surface area contributed by atoms with Gasteiger partial charge in [0, 0.05) is 26.1 Å². The fourth-order valence-electron chi connectivity index (χ4n) is 1.78. The zero-order chi connectivity index (χ0) is 12.8. The lowest BCUT2D eigenvalue weighted by Crippen LogP contribution is -2.49. The number of carbonyl (C=O) groups is 2. The van der Waals surface area contributed by atoms with Crippen molar-refractivity contribution in [1.82, 2.24) is 10.2 Å². The van der Waals surface area contributed by atoms with Gasteiger partial charge in [-0.1, -0.05) is 6.92 Å². The van der Waals surface area contributed by atoms with Gasteiger partial charge in [-0.15, -0.1) is 0 Å². The van der Waals surface area contributed by atoms with Gasteiger partial charge in [0.25, 0.3) is 0 Å². The lowest BCUT2D eigenvalue weighted by molar-refractivity contribution is -0.137. The number of carboxylic acids is 1. The summed E-state index contributed by atoms with van der Waals surface area (Å²) in [7, 11) is 0. The molecule has 17 heavy (non-hydrogen) atoms. The Hall–Kier alpha value is -1.30. The number of aliphatic hydroxyl groups is 1. The largest absolute Gasteiger partial charge is 0.481 e. The summed E-state index contributed by atoms with van der Waals surface area (Å²) in [5.41, 5.74) is 0. The van der Waals surface area contributed by atoms with Gasteiger partial charge in [0.2, 0.25) is 0 Å². The molecule has 1 saturated heterocycles. The summed E-state index contributed by atoms with van der Waals surface area (Å²) in [5.74, 6) is -0.632. The van der Waals surface area contributed by atoms with Gasteiger partial charge in [-0.25, -0.2) is 4.79 Å². The van der Waals surface area contributed by atoms with E-state index in [4.69, 9.17) is 5.11 Å². The van der Waals surface area contributed by atoms with Crippen molar-refractivity contribution in [2.24, 2.45) is 5.92 Å². The second kappa shape index (κ2) is 6.44. The molecule has 0 saturated carbocycles. The SMILES string of the molecule is CC1CCN(C(=O)NCCCC(=O)O)CC1O. The lowest BCUT2D eigenvalue weighted by Gasteiger charge is -2.34. The van der Waals surface area contributed by atoms with Gasteiger partial charge in [0.1, 0.15) is 0 Å². The van der Waals surface area contributed by atoms with E-state index < -0.39 is 12.1 Å². The van der Waals surface area contributed by atoms with Gasteiger partial charge in [0.05, 0.1) is 6.10 Å². The van der Waals surface area contributed by atoms with E-state index in [1.54, 1.807) is 4.90 Å². The van der Waals surface area contributed by atoms with Crippen molar-refractivity contribution in [2.45, 2.75) is 32.3 Å². The Morgan fingerprint density at radius 3 is 2.76 bits per heavy atom. The highest BCUT2D eigenvalue weighted by Crippen LogP contribution is 2.16. The fourth-order valence-corrected chi connectivity index (χ4v) is 1.78. The number of piperidine rings is 1. The minimum atomic E-state index is -0.860. The van der Waals surface area contributed by atoms with Crippen LogP contribution >= 0.6 is 0 Å². The maximum Gasteiger partial charge on any atom is 0.317 e. The molecular weight excluding hydrogens is 224 g/mol. The third-order valence-corrected chi connectivity index (χ3v) is 3.05. The molecule has 0 aromatic carbocycles. The van der Waals surface area contributed by atoms with Crippen LogP contribution in [0.2, 0.25) is 0 Å². The number of likely N-dealkylation sites (tertiary alicyclic amines) is 1. The van der Waals surface area contributed by atoms with Crippen molar-refractivity contribution in [3.63, 3.8) is 0 Å². The first-order chi connectivity index (χ1) is 8.00. The molecular formula is C11H20N2O4. The number of hydrogen-bond donors (Lipinski definition) is 3. The Balaban J connectivity index is 2.21. The van der Waals surface area contributed by atoms with Crippen LogP contribution in [-0.2, 0) is 4.79 Å². The van der Waals surface area contributed by atoms with Crippen LogP contribution in [0.15, 0.2) is 0 Å². The van der Waals surface area contributed by atoms with Crippen LogP contribution < -0.4 is 5.32 Å². The molecule has 1 aliphatic heterocycles. The lowest BCUT2D eigenvalue weighted by atomic mass is 9.96. The summed E-state index contributed by atoms with van der Waals surface area (Å²) in [4.78, 5) is 23.5. The minimum Gasteiger partial charge on any atom is -0.481 e. The Morgan fingerprint density at radius 1 is 1.47 bits per heavy atom. The highest BCUT2D eigenvalue weighted by atomic mass is 16.4. The van der Waals surface area contributed by atoms with E-state index in [9.17, 15) is 14.7 Å². The zero-order valence-electron chi connectivity index (χ0n) is 10.1. The van der Waals surface area contributed by atoms with E-state index in [-0.39, 0.29) is 18.4 Å². The number of rotatable bonds is 4. The Kier molecular flexibility index (Phi) is 5.21. The van der Waals surface area contributed by atoms with Gasteiger partial charge in [-0.3, -0.25) is 4.79 Å². The third kappa shape index (κ3) is 4.60. The summed E-state index contributed by atoms with van der Waals surface area (Å²) >= 11 is 0. The van der Waals surface area contributed by atoms with Crippen LogP contribution in [0.5, 0.6) is 0 Å². The molecule has 0 aromatic rings. The van der Waals surface area contributed by atoms with Gasteiger partial charge in [0.15, 0.2) is 0 Å². The third-order valence-electron chi connectivity index (χ3n) is 3.05. The first-order valence-electron chi connectivity index (χ1n) is 5.93. The summed E-state index contributed by atoms with van der Waals surface area (Å²) in [6.07, 6.45) is 0.811. The van der Waals surface area contributed by atoms with Gasteiger partial charge in [-0.2, -0.15) is 0 Å². The summed E-state index contributed by atoms with van der Waals surface area (Å²) in [6, 6.07) is -0.221. The van der Waals surface area contributed by atoms with Crippen molar-refractivity contribution in [1.29, 1.82) is 0 Å². The zero-order valence-corrected chi connectivity index (χ0v) is 10.1. The molecule has 2 unspecified atom stereocenters. The van der Waals surface area contributed by atoms with Crippen molar-refractivity contribution in [3.8, 4) is 0 Å². The molecule has 3 N–H and O–H groups in total. The molecule has 1 aliphatic rings. The molecule has 6 heteroatoms. The number of nitrogens with one attached hydrogen (secondary N) is 1.